The van der Waals surface area contributed by atoms with Gasteiger partial charge in [-0.2, -0.15) is 0 Å². The van der Waals surface area contributed by atoms with E-state index in [1.165, 1.54) is 36.9 Å². The van der Waals surface area contributed by atoms with E-state index in [0.29, 0.717) is 0 Å². The SMILES string of the molecule is Cc1ccc2sc3c(-c4ccccn4)cc(C)cc3c2c1. The second-order valence-electron chi connectivity index (χ2n) is 5.51. The van der Waals surface area contributed by atoms with Crippen molar-refractivity contribution < 1.29 is 0 Å². The van der Waals surface area contributed by atoms with Gasteiger partial charge in [0, 0.05) is 31.9 Å². The Kier molecular flexibility index (Phi) is 2.79. The van der Waals surface area contributed by atoms with Crippen molar-refractivity contribution in [3.63, 3.8) is 0 Å². The van der Waals surface area contributed by atoms with E-state index in [2.05, 4.69) is 55.2 Å². The molecular weight excluding hydrogens is 274 g/mol. The molecule has 0 unspecified atom stereocenters. The minimum absolute atomic E-state index is 1.05. The van der Waals surface area contributed by atoms with E-state index in [1.807, 2.05) is 29.7 Å². The third-order valence-corrected chi connectivity index (χ3v) is 5.03. The van der Waals surface area contributed by atoms with Crippen LogP contribution in [0.25, 0.3) is 31.4 Å². The average Bonchev–Trinajstić information content (AvgIpc) is 2.85. The second-order valence-corrected chi connectivity index (χ2v) is 6.56. The van der Waals surface area contributed by atoms with Crippen LogP contribution in [0.5, 0.6) is 0 Å². The fourth-order valence-electron chi connectivity index (χ4n) is 2.85. The third-order valence-electron chi connectivity index (χ3n) is 3.81. The van der Waals surface area contributed by atoms with Crippen LogP contribution in [-0.2, 0) is 0 Å². The molecule has 0 aliphatic rings. The minimum Gasteiger partial charge on any atom is -0.256 e. The highest BCUT2D eigenvalue weighted by Crippen LogP contribution is 2.40. The van der Waals surface area contributed by atoms with Gasteiger partial charge in [0.1, 0.15) is 0 Å². The first-order valence-electron chi connectivity index (χ1n) is 7.07. The van der Waals surface area contributed by atoms with Gasteiger partial charge in [-0.15, -0.1) is 11.3 Å². The fourth-order valence-corrected chi connectivity index (χ4v) is 4.04. The Morgan fingerprint density at radius 3 is 2.52 bits per heavy atom. The van der Waals surface area contributed by atoms with Crippen molar-refractivity contribution >= 4 is 31.5 Å². The molecule has 0 aliphatic carbocycles. The molecule has 0 atom stereocenters. The molecule has 2 aromatic carbocycles. The van der Waals surface area contributed by atoms with Crippen LogP contribution in [0, 0.1) is 13.8 Å². The summed E-state index contributed by atoms with van der Waals surface area (Å²) in [5.41, 5.74) is 4.88. The Morgan fingerprint density at radius 2 is 1.71 bits per heavy atom. The Balaban J connectivity index is 2.15. The van der Waals surface area contributed by atoms with E-state index in [1.54, 1.807) is 0 Å². The number of pyridine rings is 1. The summed E-state index contributed by atoms with van der Waals surface area (Å²) in [5.74, 6) is 0. The zero-order valence-electron chi connectivity index (χ0n) is 12.1. The summed E-state index contributed by atoms with van der Waals surface area (Å²) in [6, 6.07) is 17.3. The second kappa shape index (κ2) is 4.68. The van der Waals surface area contributed by atoms with Crippen LogP contribution in [0.3, 0.4) is 0 Å². The highest BCUT2D eigenvalue weighted by Gasteiger charge is 2.12. The highest BCUT2D eigenvalue weighted by molar-refractivity contribution is 7.26. The molecule has 0 radical (unpaired) electrons. The molecule has 2 aromatic heterocycles. The summed E-state index contributed by atoms with van der Waals surface area (Å²) in [5, 5.41) is 2.70. The van der Waals surface area contributed by atoms with Gasteiger partial charge in [0.2, 0.25) is 0 Å². The molecule has 0 N–H and O–H groups in total. The molecule has 1 nitrogen and oxygen atoms in total. The Labute approximate surface area is 127 Å². The van der Waals surface area contributed by atoms with Crippen molar-refractivity contribution in [3.05, 3.63) is 65.9 Å². The first kappa shape index (κ1) is 12.5. The Morgan fingerprint density at radius 1 is 0.857 bits per heavy atom. The van der Waals surface area contributed by atoms with Crippen molar-refractivity contribution in [2.75, 3.05) is 0 Å². The van der Waals surface area contributed by atoms with Gasteiger partial charge in [0.15, 0.2) is 0 Å². The van der Waals surface area contributed by atoms with Crippen molar-refractivity contribution in [2.24, 2.45) is 0 Å². The predicted molar refractivity (Wildman–Crippen MR) is 92.0 cm³/mol. The maximum atomic E-state index is 4.53. The normalized spacial score (nSPS) is 11.3. The fraction of sp³-hybridized carbons (Fsp3) is 0.105. The zero-order chi connectivity index (χ0) is 14.4. The molecule has 0 spiro atoms. The average molecular weight is 289 g/mol. The number of nitrogens with zero attached hydrogens (tertiary/aromatic N) is 1. The molecule has 0 fully saturated rings. The lowest BCUT2D eigenvalue weighted by atomic mass is 10.0. The number of thiophene rings is 1. The van der Waals surface area contributed by atoms with Crippen LogP contribution in [0.2, 0.25) is 0 Å². The van der Waals surface area contributed by atoms with Crippen LogP contribution >= 0.6 is 11.3 Å². The quantitative estimate of drug-likeness (QED) is 0.436. The number of benzene rings is 2. The minimum atomic E-state index is 1.05. The van der Waals surface area contributed by atoms with Crippen LogP contribution in [0.15, 0.2) is 54.7 Å². The lowest BCUT2D eigenvalue weighted by molar-refractivity contribution is 1.33. The van der Waals surface area contributed by atoms with E-state index in [-0.39, 0.29) is 0 Å². The number of fused-ring (bicyclic) bond motifs is 3. The summed E-state index contributed by atoms with van der Waals surface area (Å²) >= 11 is 1.86. The van der Waals surface area contributed by atoms with Crippen molar-refractivity contribution in [2.45, 2.75) is 13.8 Å². The molecular formula is C19H15NS. The highest BCUT2D eigenvalue weighted by atomic mass is 32.1. The van der Waals surface area contributed by atoms with Gasteiger partial charge in [0.25, 0.3) is 0 Å². The van der Waals surface area contributed by atoms with E-state index in [0.717, 1.165) is 5.69 Å². The largest absolute Gasteiger partial charge is 0.256 e. The van der Waals surface area contributed by atoms with Gasteiger partial charge in [-0.25, -0.2) is 0 Å². The van der Waals surface area contributed by atoms with E-state index < -0.39 is 0 Å². The molecule has 21 heavy (non-hydrogen) atoms. The van der Waals surface area contributed by atoms with Crippen molar-refractivity contribution in [1.29, 1.82) is 0 Å². The number of hydrogen-bond acceptors (Lipinski definition) is 2. The van der Waals surface area contributed by atoms with Gasteiger partial charge in [-0.05, 0) is 55.8 Å². The molecule has 2 heteroatoms. The van der Waals surface area contributed by atoms with Gasteiger partial charge in [0.05, 0.1) is 5.69 Å². The number of aryl methyl sites for hydroxylation is 2. The van der Waals surface area contributed by atoms with E-state index in [4.69, 9.17) is 0 Å². The molecule has 0 saturated carbocycles. The number of hydrogen-bond donors (Lipinski definition) is 0. The Hall–Kier alpha value is -2.19. The molecule has 2 heterocycles. The predicted octanol–water partition coefficient (Wildman–Crippen LogP) is 5.73. The third kappa shape index (κ3) is 2.03. The lowest BCUT2D eigenvalue weighted by Crippen LogP contribution is -1.84. The van der Waals surface area contributed by atoms with Gasteiger partial charge in [-0.1, -0.05) is 17.7 Å². The Bertz CT molecular complexity index is 952. The molecule has 0 bridgehead atoms. The lowest BCUT2D eigenvalue weighted by Gasteiger charge is -2.04. The smallest absolute Gasteiger partial charge is 0.0716 e. The number of rotatable bonds is 1. The summed E-state index contributed by atoms with van der Waals surface area (Å²) in [6.45, 7) is 4.31. The van der Waals surface area contributed by atoms with Crippen LogP contribution < -0.4 is 0 Å². The summed E-state index contributed by atoms with van der Waals surface area (Å²) in [4.78, 5) is 4.53. The molecule has 0 aliphatic heterocycles. The molecule has 102 valence electrons. The first-order valence-corrected chi connectivity index (χ1v) is 7.89. The topological polar surface area (TPSA) is 12.9 Å². The maximum Gasteiger partial charge on any atom is 0.0716 e. The van der Waals surface area contributed by atoms with Crippen LogP contribution in [-0.4, -0.2) is 4.98 Å². The molecule has 0 saturated heterocycles. The van der Waals surface area contributed by atoms with Gasteiger partial charge >= 0.3 is 0 Å². The summed E-state index contributed by atoms with van der Waals surface area (Å²) in [7, 11) is 0. The standard InChI is InChI=1S/C19H15NS/c1-12-6-7-18-14(9-12)15-10-13(2)11-16(19(15)21-18)17-5-3-4-8-20-17/h3-11H,1-2H3. The van der Waals surface area contributed by atoms with Crippen LogP contribution in [0.1, 0.15) is 11.1 Å². The van der Waals surface area contributed by atoms with E-state index >= 15 is 0 Å². The first-order chi connectivity index (χ1) is 10.2. The monoisotopic (exact) mass is 289 g/mol. The van der Waals surface area contributed by atoms with Crippen LogP contribution in [0.4, 0.5) is 0 Å². The number of aromatic nitrogens is 1. The molecule has 0 amide bonds. The van der Waals surface area contributed by atoms with Crippen molar-refractivity contribution in [1.82, 2.24) is 4.98 Å². The maximum absolute atomic E-state index is 4.53. The van der Waals surface area contributed by atoms with E-state index in [9.17, 15) is 0 Å². The summed E-state index contributed by atoms with van der Waals surface area (Å²) < 4.78 is 2.68. The van der Waals surface area contributed by atoms with Gasteiger partial charge in [-0.3, -0.25) is 4.98 Å². The van der Waals surface area contributed by atoms with Gasteiger partial charge < -0.3 is 0 Å². The molecule has 4 aromatic rings. The summed E-state index contributed by atoms with van der Waals surface area (Å²) in [6.07, 6.45) is 1.86. The van der Waals surface area contributed by atoms with Crippen molar-refractivity contribution in [3.8, 4) is 11.3 Å². The zero-order valence-corrected chi connectivity index (χ0v) is 12.9. The molecule has 4 rings (SSSR count).